The van der Waals surface area contributed by atoms with E-state index in [2.05, 4.69) is 37.6 Å². The molecular weight excluding hydrogens is 412 g/mol. The fourth-order valence-electron chi connectivity index (χ4n) is 3.00. The summed E-state index contributed by atoms with van der Waals surface area (Å²) < 4.78 is 28.1. The van der Waals surface area contributed by atoms with Gasteiger partial charge in [-0.1, -0.05) is 24.3 Å². The van der Waals surface area contributed by atoms with Gasteiger partial charge in [0, 0.05) is 25.5 Å². The molecule has 8 nitrogen and oxygen atoms in total. The molecule has 0 bridgehead atoms. The van der Waals surface area contributed by atoms with Crippen molar-refractivity contribution in [2.45, 2.75) is 24.8 Å². The first-order chi connectivity index (χ1) is 15.0. The van der Waals surface area contributed by atoms with Gasteiger partial charge in [-0.05, 0) is 61.9 Å². The van der Waals surface area contributed by atoms with Gasteiger partial charge >= 0.3 is 0 Å². The zero-order valence-corrected chi connectivity index (χ0v) is 18.6. The molecule has 0 amide bonds. The summed E-state index contributed by atoms with van der Waals surface area (Å²) in [5.41, 5.74) is 3.06. The van der Waals surface area contributed by atoms with Gasteiger partial charge in [0.2, 0.25) is 10.0 Å². The van der Waals surface area contributed by atoms with Crippen molar-refractivity contribution in [2.24, 2.45) is 4.99 Å². The van der Waals surface area contributed by atoms with Gasteiger partial charge in [-0.25, -0.2) is 22.8 Å². The molecular formula is C22H28N6O2S. The molecule has 0 aliphatic rings. The second kappa shape index (κ2) is 10.7. The lowest BCUT2D eigenvalue weighted by molar-refractivity contribution is 0.588. The maximum atomic E-state index is 12.0. The first kappa shape index (κ1) is 22.5. The maximum absolute atomic E-state index is 12.0. The fourth-order valence-corrected chi connectivity index (χ4v) is 3.80. The van der Waals surface area contributed by atoms with Crippen LogP contribution in [0.3, 0.4) is 0 Å². The maximum Gasteiger partial charge on any atom is 0.240 e. The highest BCUT2D eigenvalue weighted by atomic mass is 32.2. The van der Waals surface area contributed by atoms with Gasteiger partial charge in [0.15, 0.2) is 5.96 Å². The highest BCUT2D eigenvalue weighted by molar-refractivity contribution is 7.89. The van der Waals surface area contributed by atoms with Crippen molar-refractivity contribution in [3.63, 3.8) is 0 Å². The number of nitrogens with zero attached hydrogens (tertiary/aromatic N) is 3. The third-order valence-electron chi connectivity index (χ3n) is 4.65. The van der Waals surface area contributed by atoms with E-state index in [0.29, 0.717) is 12.5 Å². The van der Waals surface area contributed by atoms with Crippen molar-refractivity contribution in [3.8, 4) is 5.69 Å². The summed E-state index contributed by atoms with van der Waals surface area (Å²) in [6, 6.07) is 17.0. The van der Waals surface area contributed by atoms with E-state index in [-0.39, 0.29) is 4.90 Å². The Morgan fingerprint density at radius 3 is 2.55 bits per heavy atom. The first-order valence-corrected chi connectivity index (χ1v) is 11.6. The minimum Gasteiger partial charge on any atom is -0.357 e. The quantitative estimate of drug-likeness (QED) is 0.349. The smallest absolute Gasteiger partial charge is 0.240 e. The number of hydrogen-bond acceptors (Lipinski definition) is 4. The third kappa shape index (κ3) is 6.40. The van der Waals surface area contributed by atoms with Crippen LogP contribution in [0.2, 0.25) is 0 Å². The van der Waals surface area contributed by atoms with Crippen molar-refractivity contribution in [1.29, 1.82) is 0 Å². The molecule has 164 valence electrons. The molecule has 1 aromatic heterocycles. The Kier molecular flexibility index (Phi) is 7.80. The molecule has 0 radical (unpaired) electrons. The van der Waals surface area contributed by atoms with Gasteiger partial charge in [-0.3, -0.25) is 0 Å². The van der Waals surface area contributed by atoms with Gasteiger partial charge in [0.05, 0.1) is 17.1 Å². The molecule has 0 aliphatic carbocycles. The third-order valence-corrected chi connectivity index (χ3v) is 6.06. The Balaban J connectivity index is 1.57. The number of sulfonamides is 1. The van der Waals surface area contributed by atoms with E-state index in [1.165, 1.54) is 12.6 Å². The standard InChI is InChI=1S/C22H28N6O2S/c1-3-24-22(26-17-19-6-4-7-21(16-19)31(29,30)23-2)25-14-12-18-8-10-20(11-9-18)28-15-5-13-27-28/h4-11,13,15-16,23H,3,12,14,17H2,1-2H3,(H2,24,25,26). The van der Waals surface area contributed by atoms with Crippen LogP contribution in [0.5, 0.6) is 0 Å². The van der Waals surface area contributed by atoms with Gasteiger partial charge in [0.25, 0.3) is 0 Å². The number of guanidine groups is 1. The normalized spacial score (nSPS) is 12.0. The van der Waals surface area contributed by atoms with E-state index < -0.39 is 10.0 Å². The summed E-state index contributed by atoms with van der Waals surface area (Å²) in [6.07, 6.45) is 4.52. The molecule has 0 spiro atoms. The summed E-state index contributed by atoms with van der Waals surface area (Å²) in [5.74, 6) is 0.692. The van der Waals surface area contributed by atoms with Gasteiger partial charge < -0.3 is 10.6 Å². The predicted molar refractivity (Wildman–Crippen MR) is 123 cm³/mol. The summed E-state index contributed by atoms with van der Waals surface area (Å²) in [7, 11) is -2.07. The molecule has 0 unspecified atom stereocenters. The Labute approximate surface area is 183 Å². The number of rotatable bonds is 9. The second-order valence-corrected chi connectivity index (χ2v) is 8.73. The zero-order chi connectivity index (χ0) is 22.1. The highest BCUT2D eigenvalue weighted by Gasteiger charge is 2.11. The highest BCUT2D eigenvalue weighted by Crippen LogP contribution is 2.12. The molecule has 0 saturated heterocycles. The van der Waals surface area contributed by atoms with Crippen LogP contribution in [0.4, 0.5) is 0 Å². The summed E-state index contributed by atoms with van der Waals surface area (Å²) in [5, 5.41) is 10.8. The molecule has 3 N–H and O–H groups in total. The summed E-state index contributed by atoms with van der Waals surface area (Å²) in [6.45, 7) is 3.84. The van der Waals surface area contributed by atoms with Gasteiger partial charge in [-0.15, -0.1) is 0 Å². The van der Waals surface area contributed by atoms with Gasteiger partial charge in [0.1, 0.15) is 0 Å². The lowest BCUT2D eigenvalue weighted by Gasteiger charge is -2.12. The largest absolute Gasteiger partial charge is 0.357 e. The van der Waals surface area contributed by atoms with E-state index in [1.54, 1.807) is 24.4 Å². The van der Waals surface area contributed by atoms with Crippen molar-refractivity contribution in [2.75, 3.05) is 20.1 Å². The molecule has 0 fully saturated rings. The Bertz CT molecular complexity index is 1090. The minimum absolute atomic E-state index is 0.235. The molecule has 3 rings (SSSR count). The van der Waals surface area contributed by atoms with Crippen LogP contribution in [0, 0.1) is 0 Å². The SMILES string of the molecule is CCNC(=NCc1cccc(S(=O)(=O)NC)c1)NCCc1ccc(-n2cccn2)cc1. The lowest BCUT2D eigenvalue weighted by Crippen LogP contribution is -2.38. The second-order valence-electron chi connectivity index (χ2n) is 6.84. The molecule has 0 aliphatic heterocycles. The Morgan fingerprint density at radius 1 is 1.06 bits per heavy atom. The van der Waals surface area contributed by atoms with Crippen LogP contribution in [0.1, 0.15) is 18.1 Å². The topological polar surface area (TPSA) is 100 Å². The van der Waals surface area contributed by atoms with Crippen LogP contribution in [0.25, 0.3) is 5.69 Å². The Hall–Kier alpha value is -3.17. The van der Waals surface area contributed by atoms with E-state index in [0.717, 1.165) is 30.8 Å². The van der Waals surface area contributed by atoms with E-state index in [1.807, 2.05) is 42.1 Å². The van der Waals surface area contributed by atoms with Gasteiger partial charge in [-0.2, -0.15) is 5.10 Å². The monoisotopic (exact) mass is 440 g/mol. The number of aliphatic imine (C=N–C) groups is 1. The van der Waals surface area contributed by atoms with Crippen molar-refractivity contribution < 1.29 is 8.42 Å². The number of hydrogen-bond donors (Lipinski definition) is 3. The number of benzene rings is 2. The molecule has 0 atom stereocenters. The summed E-state index contributed by atoms with van der Waals surface area (Å²) >= 11 is 0. The lowest BCUT2D eigenvalue weighted by atomic mass is 10.1. The van der Waals surface area contributed by atoms with E-state index >= 15 is 0 Å². The average Bonchev–Trinajstić information content (AvgIpc) is 3.33. The molecule has 1 heterocycles. The Morgan fingerprint density at radius 2 is 1.87 bits per heavy atom. The molecule has 3 aromatic rings. The van der Waals surface area contributed by atoms with Crippen molar-refractivity contribution in [3.05, 3.63) is 78.1 Å². The van der Waals surface area contributed by atoms with Crippen LogP contribution in [0.15, 0.2) is 76.9 Å². The van der Waals surface area contributed by atoms with E-state index in [9.17, 15) is 8.42 Å². The predicted octanol–water partition coefficient (Wildman–Crippen LogP) is 2.08. The summed E-state index contributed by atoms with van der Waals surface area (Å²) in [4.78, 5) is 4.81. The van der Waals surface area contributed by atoms with Crippen LogP contribution in [-0.4, -0.2) is 44.3 Å². The minimum atomic E-state index is -3.47. The van der Waals surface area contributed by atoms with Crippen molar-refractivity contribution >= 4 is 16.0 Å². The molecule has 9 heteroatoms. The number of aromatic nitrogens is 2. The average molecular weight is 441 g/mol. The first-order valence-electron chi connectivity index (χ1n) is 10.2. The molecule has 2 aromatic carbocycles. The fraction of sp³-hybridized carbons (Fsp3) is 0.273. The van der Waals surface area contributed by atoms with Crippen LogP contribution >= 0.6 is 0 Å². The molecule has 31 heavy (non-hydrogen) atoms. The van der Waals surface area contributed by atoms with E-state index in [4.69, 9.17) is 0 Å². The van der Waals surface area contributed by atoms with Crippen LogP contribution < -0.4 is 15.4 Å². The van der Waals surface area contributed by atoms with Crippen molar-refractivity contribution in [1.82, 2.24) is 25.1 Å². The molecule has 0 saturated carbocycles. The zero-order valence-electron chi connectivity index (χ0n) is 17.7. The van der Waals surface area contributed by atoms with Crippen LogP contribution in [-0.2, 0) is 23.0 Å². The number of nitrogens with one attached hydrogen (secondary N) is 3.